The van der Waals surface area contributed by atoms with Gasteiger partial charge < -0.3 is 14.4 Å². The number of hydrogen-bond donors (Lipinski definition) is 1. The summed E-state index contributed by atoms with van der Waals surface area (Å²) in [6, 6.07) is 1.39. The predicted molar refractivity (Wildman–Crippen MR) is 61.9 cm³/mol. The molecule has 5 heteroatoms. The molecule has 0 aromatic carbocycles. The summed E-state index contributed by atoms with van der Waals surface area (Å²) in [6.45, 7) is 3.14. The van der Waals surface area contributed by atoms with Crippen molar-refractivity contribution in [2.45, 2.75) is 45.6 Å². The van der Waals surface area contributed by atoms with Crippen LogP contribution in [0.5, 0.6) is 0 Å². The van der Waals surface area contributed by atoms with Crippen LogP contribution in [-0.2, 0) is 11.3 Å². The molecule has 0 fully saturated rings. The lowest BCUT2D eigenvalue weighted by Crippen LogP contribution is -1.96. The molecule has 0 aliphatic rings. The third kappa shape index (κ3) is 5.49. The van der Waals surface area contributed by atoms with Gasteiger partial charge in [0, 0.05) is 12.7 Å². The zero-order valence-corrected chi connectivity index (χ0v) is 10.1. The highest BCUT2D eigenvalue weighted by Gasteiger charge is 2.10. The summed E-state index contributed by atoms with van der Waals surface area (Å²) in [4.78, 5) is 10.5. The molecule has 0 amide bonds. The van der Waals surface area contributed by atoms with Gasteiger partial charge in [0.1, 0.15) is 6.61 Å². The van der Waals surface area contributed by atoms with Crippen molar-refractivity contribution in [1.82, 2.24) is 5.16 Å². The Balaban J connectivity index is 2.07. The van der Waals surface area contributed by atoms with Gasteiger partial charge in [-0.1, -0.05) is 37.8 Å². The van der Waals surface area contributed by atoms with Crippen molar-refractivity contribution in [2.75, 3.05) is 6.61 Å². The van der Waals surface area contributed by atoms with Gasteiger partial charge in [0.2, 0.25) is 0 Å². The molecule has 0 aliphatic heterocycles. The normalized spacial score (nSPS) is 10.6. The van der Waals surface area contributed by atoms with Crippen LogP contribution in [-0.4, -0.2) is 22.8 Å². The first-order chi connectivity index (χ1) is 8.24. The minimum absolute atomic E-state index is 0.0773. The van der Waals surface area contributed by atoms with E-state index in [0.29, 0.717) is 12.4 Å². The van der Waals surface area contributed by atoms with E-state index < -0.39 is 5.97 Å². The average molecular weight is 241 g/mol. The zero-order valence-electron chi connectivity index (χ0n) is 10.1. The molecule has 1 rings (SSSR count). The van der Waals surface area contributed by atoms with Crippen LogP contribution in [0.25, 0.3) is 0 Å². The lowest BCUT2D eigenvalue weighted by atomic mass is 10.2. The van der Waals surface area contributed by atoms with E-state index >= 15 is 0 Å². The number of carboxylic acids is 1. The van der Waals surface area contributed by atoms with Crippen molar-refractivity contribution in [3.63, 3.8) is 0 Å². The fraction of sp³-hybridized carbons (Fsp3) is 0.667. The summed E-state index contributed by atoms with van der Waals surface area (Å²) >= 11 is 0. The van der Waals surface area contributed by atoms with Crippen molar-refractivity contribution in [1.29, 1.82) is 0 Å². The maximum absolute atomic E-state index is 10.5. The molecule has 1 aromatic rings. The van der Waals surface area contributed by atoms with E-state index in [0.717, 1.165) is 6.42 Å². The topological polar surface area (TPSA) is 72.6 Å². The summed E-state index contributed by atoms with van der Waals surface area (Å²) in [7, 11) is 0. The van der Waals surface area contributed by atoms with Crippen LogP contribution in [0.4, 0.5) is 0 Å². The first kappa shape index (κ1) is 13.7. The number of hydrogen-bond acceptors (Lipinski definition) is 4. The van der Waals surface area contributed by atoms with E-state index in [1.807, 2.05) is 0 Å². The quantitative estimate of drug-likeness (QED) is 0.673. The Kier molecular flexibility index (Phi) is 6.32. The number of carbonyl (C=O) groups is 1. The Bertz CT molecular complexity index is 335. The highest BCUT2D eigenvalue weighted by atomic mass is 16.5. The molecular weight excluding hydrogens is 222 g/mol. The SMILES string of the molecule is CCCCCCCOCc1cc(C(=O)O)no1. The van der Waals surface area contributed by atoms with Crippen LogP contribution in [0.2, 0.25) is 0 Å². The first-order valence-corrected chi connectivity index (χ1v) is 6.00. The number of nitrogens with zero attached hydrogens (tertiary/aromatic N) is 1. The van der Waals surface area contributed by atoms with Gasteiger partial charge in [-0.15, -0.1) is 0 Å². The van der Waals surface area contributed by atoms with E-state index in [1.54, 1.807) is 0 Å². The first-order valence-electron chi connectivity index (χ1n) is 6.00. The van der Waals surface area contributed by atoms with Crippen LogP contribution in [0.1, 0.15) is 55.3 Å². The van der Waals surface area contributed by atoms with Crippen molar-refractivity contribution in [3.8, 4) is 0 Å². The number of carboxylic acid groups (broad SMARTS) is 1. The zero-order chi connectivity index (χ0) is 12.5. The lowest BCUT2D eigenvalue weighted by Gasteiger charge is -2.01. The van der Waals surface area contributed by atoms with Crippen LogP contribution < -0.4 is 0 Å². The molecule has 1 aromatic heterocycles. The molecule has 0 spiro atoms. The van der Waals surface area contributed by atoms with Gasteiger partial charge in [0.25, 0.3) is 0 Å². The maximum Gasteiger partial charge on any atom is 0.358 e. The van der Waals surface area contributed by atoms with Crippen molar-refractivity contribution in [2.24, 2.45) is 0 Å². The minimum Gasteiger partial charge on any atom is -0.476 e. The van der Waals surface area contributed by atoms with E-state index in [9.17, 15) is 4.79 Å². The Morgan fingerprint density at radius 3 is 2.82 bits per heavy atom. The molecule has 0 saturated carbocycles. The third-order valence-electron chi connectivity index (χ3n) is 2.41. The summed E-state index contributed by atoms with van der Waals surface area (Å²) < 4.78 is 10.2. The van der Waals surface area contributed by atoms with Gasteiger partial charge in [0.05, 0.1) is 0 Å². The molecule has 0 unspecified atom stereocenters. The summed E-state index contributed by atoms with van der Waals surface area (Å²) in [5.41, 5.74) is -0.0773. The lowest BCUT2D eigenvalue weighted by molar-refractivity contribution is 0.0684. The largest absolute Gasteiger partial charge is 0.476 e. The van der Waals surface area contributed by atoms with Crippen molar-refractivity contribution >= 4 is 5.97 Å². The van der Waals surface area contributed by atoms with Crippen molar-refractivity contribution < 1.29 is 19.2 Å². The molecular formula is C12H19NO4. The van der Waals surface area contributed by atoms with Crippen molar-refractivity contribution in [3.05, 3.63) is 17.5 Å². The summed E-state index contributed by atoms with van der Waals surface area (Å²) in [5.74, 6) is -0.629. The molecule has 96 valence electrons. The number of aromatic nitrogens is 1. The molecule has 0 aliphatic carbocycles. The van der Waals surface area contributed by atoms with Crippen LogP contribution >= 0.6 is 0 Å². The third-order valence-corrected chi connectivity index (χ3v) is 2.41. The smallest absolute Gasteiger partial charge is 0.358 e. The van der Waals surface area contributed by atoms with E-state index in [1.165, 1.54) is 31.7 Å². The maximum atomic E-state index is 10.5. The summed E-state index contributed by atoms with van der Waals surface area (Å²) in [6.07, 6.45) is 5.94. The molecule has 1 N–H and O–H groups in total. The van der Waals surface area contributed by atoms with Gasteiger partial charge in [-0.05, 0) is 6.42 Å². The Morgan fingerprint density at radius 1 is 1.41 bits per heavy atom. The number of aromatic carboxylic acids is 1. The second kappa shape index (κ2) is 7.84. The van der Waals surface area contributed by atoms with Gasteiger partial charge in [0.15, 0.2) is 11.5 Å². The molecule has 0 radical (unpaired) electrons. The van der Waals surface area contributed by atoms with Gasteiger partial charge >= 0.3 is 5.97 Å². The number of unbranched alkanes of at least 4 members (excludes halogenated alkanes) is 4. The Hall–Kier alpha value is -1.36. The van der Waals surface area contributed by atoms with Gasteiger partial charge in [-0.3, -0.25) is 0 Å². The molecule has 0 bridgehead atoms. The molecule has 17 heavy (non-hydrogen) atoms. The monoisotopic (exact) mass is 241 g/mol. The van der Waals surface area contributed by atoms with Gasteiger partial charge in [-0.2, -0.15) is 0 Å². The highest BCUT2D eigenvalue weighted by Crippen LogP contribution is 2.07. The molecule has 5 nitrogen and oxygen atoms in total. The molecule has 0 atom stereocenters. The Morgan fingerprint density at radius 2 is 2.18 bits per heavy atom. The second-order valence-corrected chi connectivity index (χ2v) is 3.95. The summed E-state index contributed by atoms with van der Waals surface area (Å²) in [5, 5.41) is 12.0. The number of rotatable bonds is 9. The minimum atomic E-state index is -1.08. The Labute approximate surface area is 101 Å². The van der Waals surface area contributed by atoms with Crippen LogP contribution in [0, 0.1) is 0 Å². The highest BCUT2D eigenvalue weighted by molar-refractivity contribution is 5.85. The molecule has 1 heterocycles. The van der Waals surface area contributed by atoms with Crippen LogP contribution in [0.3, 0.4) is 0 Å². The molecule has 0 saturated heterocycles. The van der Waals surface area contributed by atoms with E-state index in [2.05, 4.69) is 12.1 Å². The predicted octanol–water partition coefficient (Wildman–Crippen LogP) is 2.86. The fourth-order valence-electron chi connectivity index (χ4n) is 1.46. The fourth-order valence-corrected chi connectivity index (χ4v) is 1.46. The van der Waals surface area contributed by atoms with Gasteiger partial charge in [-0.25, -0.2) is 4.79 Å². The standard InChI is InChI=1S/C12H19NO4/c1-2-3-4-5-6-7-16-9-10-8-11(12(14)15)13-17-10/h8H,2-7,9H2,1H3,(H,14,15). The number of ether oxygens (including phenoxy) is 1. The van der Waals surface area contributed by atoms with E-state index in [4.69, 9.17) is 14.4 Å². The van der Waals surface area contributed by atoms with E-state index in [-0.39, 0.29) is 12.3 Å². The van der Waals surface area contributed by atoms with Crippen LogP contribution in [0.15, 0.2) is 10.6 Å². The second-order valence-electron chi connectivity index (χ2n) is 3.95. The average Bonchev–Trinajstić information content (AvgIpc) is 2.77.